The standard InChI is InChI=1S/C11H13ClN2O2/c12-7-10(15)14-5-4-8-2-1-3-9(6-8)11(13)16/h1-3,6H,4-5,7H2,(H2,13,16)(H,14,15). The lowest BCUT2D eigenvalue weighted by Crippen LogP contribution is -2.26. The fraction of sp³-hybridized carbons (Fsp3) is 0.273. The first kappa shape index (κ1) is 12.5. The van der Waals surface area contributed by atoms with Crippen LogP contribution in [0.25, 0.3) is 0 Å². The number of hydrogen-bond donors (Lipinski definition) is 2. The number of alkyl halides is 1. The van der Waals surface area contributed by atoms with Gasteiger partial charge in [0.2, 0.25) is 11.8 Å². The molecule has 1 aromatic carbocycles. The van der Waals surface area contributed by atoms with E-state index in [9.17, 15) is 9.59 Å². The van der Waals surface area contributed by atoms with Crippen molar-refractivity contribution < 1.29 is 9.59 Å². The van der Waals surface area contributed by atoms with Crippen LogP contribution in [0.5, 0.6) is 0 Å². The van der Waals surface area contributed by atoms with Gasteiger partial charge in [-0.15, -0.1) is 11.6 Å². The van der Waals surface area contributed by atoms with Crippen molar-refractivity contribution in [2.45, 2.75) is 6.42 Å². The number of carbonyl (C=O) groups is 2. The number of hydrogen-bond acceptors (Lipinski definition) is 2. The molecular weight excluding hydrogens is 228 g/mol. The number of carbonyl (C=O) groups excluding carboxylic acids is 2. The molecule has 0 aliphatic rings. The lowest BCUT2D eigenvalue weighted by Gasteiger charge is -2.04. The smallest absolute Gasteiger partial charge is 0.248 e. The van der Waals surface area contributed by atoms with Crippen LogP contribution in [0.4, 0.5) is 0 Å². The highest BCUT2D eigenvalue weighted by molar-refractivity contribution is 6.27. The lowest BCUT2D eigenvalue weighted by atomic mass is 10.1. The molecule has 86 valence electrons. The van der Waals surface area contributed by atoms with Crippen LogP contribution in [0.1, 0.15) is 15.9 Å². The third kappa shape index (κ3) is 3.90. The molecule has 0 radical (unpaired) electrons. The van der Waals surface area contributed by atoms with Crippen LogP contribution in [0.15, 0.2) is 24.3 Å². The number of primary amides is 1. The van der Waals surface area contributed by atoms with Crippen LogP contribution in [0.2, 0.25) is 0 Å². The predicted molar refractivity (Wildman–Crippen MR) is 62.4 cm³/mol. The van der Waals surface area contributed by atoms with Crippen molar-refractivity contribution >= 4 is 23.4 Å². The fourth-order valence-corrected chi connectivity index (χ4v) is 1.37. The van der Waals surface area contributed by atoms with E-state index in [0.29, 0.717) is 18.5 Å². The lowest BCUT2D eigenvalue weighted by molar-refractivity contribution is -0.118. The van der Waals surface area contributed by atoms with Crippen molar-refractivity contribution in [2.24, 2.45) is 5.73 Å². The van der Waals surface area contributed by atoms with E-state index in [1.54, 1.807) is 18.2 Å². The van der Waals surface area contributed by atoms with Crippen molar-refractivity contribution in [3.8, 4) is 0 Å². The molecule has 4 nitrogen and oxygen atoms in total. The first-order valence-corrected chi connectivity index (χ1v) is 5.38. The molecule has 1 aromatic rings. The Morgan fingerprint density at radius 2 is 2.12 bits per heavy atom. The van der Waals surface area contributed by atoms with Crippen molar-refractivity contribution in [1.29, 1.82) is 0 Å². The van der Waals surface area contributed by atoms with Gasteiger partial charge in [0, 0.05) is 12.1 Å². The van der Waals surface area contributed by atoms with Crippen LogP contribution in [0, 0.1) is 0 Å². The largest absolute Gasteiger partial charge is 0.366 e. The topological polar surface area (TPSA) is 72.2 Å². The van der Waals surface area contributed by atoms with Crippen LogP contribution in [0.3, 0.4) is 0 Å². The number of nitrogens with two attached hydrogens (primary N) is 1. The van der Waals surface area contributed by atoms with Crippen LogP contribution in [-0.4, -0.2) is 24.2 Å². The minimum Gasteiger partial charge on any atom is -0.366 e. The van der Waals surface area contributed by atoms with Crippen LogP contribution >= 0.6 is 11.6 Å². The zero-order valence-corrected chi connectivity index (χ0v) is 9.46. The molecule has 0 saturated heterocycles. The van der Waals surface area contributed by atoms with E-state index in [2.05, 4.69) is 5.32 Å². The van der Waals surface area contributed by atoms with Gasteiger partial charge in [-0.2, -0.15) is 0 Å². The first-order chi connectivity index (χ1) is 7.63. The average Bonchev–Trinajstić information content (AvgIpc) is 2.29. The molecule has 16 heavy (non-hydrogen) atoms. The highest BCUT2D eigenvalue weighted by Gasteiger charge is 2.02. The second-order valence-corrected chi connectivity index (χ2v) is 3.57. The molecule has 3 N–H and O–H groups in total. The highest BCUT2D eigenvalue weighted by Crippen LogP contribution is 2.04. The third-order valence-corrected chi connectivity index (χ3v) is 2.31. The molecule has 0 aliphatic heterocycles. The summed E-state index contributed by atoms with van der Waals surface area (Å²) in [7, 11) is 0. The van der Waals surface area contributed by atoms with Gasteiger partial charge in [-0.05, 0) is 24.1 Å². The number of benzene rings is 1. The summed E-state index contributed by atoms with van der Waals surface area (Å²) in [4.78, 5) is 21.8. The molecule has 1 rings (SSSR count). The molecule has 0 aromatic heterocycles. The molecule has 0 fully saturated rings. The third-order valence-electron chi connectivity index (χ3n) is 2.07. The maximum atomic E-state index is 10.9. The Labute approximate surface area is 98.8 Å². The molecule has 0 aliphatic carbocycles. The van der Waals surface area contributed by atoms with Crippen molar-refractivity contribution in [1.82, 2.24) is 5.32 Å². The number of nitrogens with one attached hydrogen (secondary N) is 1. The summed E-state index contributed by atoms with van der Waals surface area (Å²) in [5.74, 6) is -0.694. The van der Waals surface area contributed by atoms with Gasteiger partial charge in [0.05, 0.1) is 0 Å². The summed E-state index contributed by atoms with van der Waals surface area (Å²) in [5, 5.41) is 2.64. The van der Waals surface area contributed by atoms with Gasteiger partial charge in [-0.25, -0.2) is 0 Å². The molecule has 0 atom stereocenters. The SMILES string of the molecule is NC(=O)c1cccc(CCNC(=O)CCl)c1. The summed E-state index contributed by atoms with van der Waals surface area (Å²) in [6, 6.07) is 7.01. The van der Waals surface area contributed by atoms with E-state index in [4.69, 9.17) is 17.3 Å². The minimum atomic E-state index is -0.452. The summed E-state index contributed by atoms with van der Waals surface area (Å²) in [6.45, 7) is 0.494. The van der Waals surface area contributed by atoms with Gasteiger partial charge >= 0.3 is 0 Å². The Bertz CT molecular complexity index is 393. The average molecular weight is 241 g/mol. The zero-order valence-electron chi connectivity index (χ0n) is 8.70. The molecule has 0 heterocycles. The Hall–Kier alpha value is -1.55. The molecule has 2 amide bonds. The molecule has 0 spiro atoms. The van der Waals surface area contributed by atoms with E-state index in [1.165, 1.54) is 0 Å². The summed E-state index contributed by atoms with van der Waals surface area (Å²) in [6.07, 6.45) is 0.643. The Kier molecular flexibility index (Phi) is 4.79. The highest BCUT2D eigenvalue weighted by atomic mass is 35.5. The maximum Gasteiger partial charge on any atom is 0.248 e. The normalized spacial score (nSPS) is 9.81. The minimum absolute atomic E-state index is 0.0404. The van der Waals surface area contributed by atoms with Gasteiger partial charge in [-0.3, -0.25) is 9.59 Å². The van der Waals surface area contributed by atoms with Crippen LogP contribution in [-0.2, 0) is 11.2 Å². The van der Waals surface area contributed by atoms with Crippen molar-refractivity contribution in [2.75, 3.05) is 12.4 Å². The predicted octanol–water partition coefficient (Wildman–Crippen LogP) is 0.683. The number of halogens is 1. The second-order valence-electron chi connectivity index (χ2n) is 3.30. The maximum absolute atomic E-state index is 10.9. The fourth-order valence-electron chi connectivity index (χ4n) is 1.27. The van der Waals surface area contributed by atoms with Gasteiger partial charge in [-0.1, -0.05) is 12.1 Å². The van der Waals surface area contributed by atoms with Gasteiger partial charge < -0.3 is 11.1 Å². The van der Waals surface area contributed by atoms with E-state index in [-0.39, 0.29) is 11.8 Å². The summed E-state index contributed by atoms with van der Waals surface area (Å²) < 4.78 is 0. The number of amides is 2. The van der Waals surface area contributed by atoms with E-state index < -0.39 is 5.91 Å². The Morgan fingerprint density at radius 1 is 1.38 bits per heavy atom. The molecule has 0 saturated carbocycles. The van der Waals surface area contributed by atoms with Gasteiger partial charge in [0.1, 0.15) is 5.88 Å². The molecular formula is C11H13ClN2O2. The monoisotopic (exact) mass is 240 g/mol. The Morgan fingerprint density at radius 3 is 2.75 bits per heavy atom. The molecule has 0 bridgehead atoms. The van der Waals surface area contributed by atoms with E-state index in [0.717, 1.165) is 5.56 Å². The van der Waals surface area contributed by atoms with E-state index in [1.807, 2.05) is 6.07 Å². The molecule has 5 heteroatoms. The first-order valence-electron chi connectivity index (χ1n) is 4.85. The number of rotatable bonds is 5. The van der Waals surface area contributed by atoms with Crippen LogP contribution < -0.4 is 11.1 Å². The second kappa shape index (κ2) is 6.12. The Balaban J connectivity index is 2.51. The summed E-state index contributed by atoms with van der Waals surface area (Å²) >= 11 is 5.33. The van der Waals surface area contributed by atoms with E-state index >= 15 is 0 Å². The van der Waals surface area contributed by atoms with Gasteiger partial charge in [0.25, 0.3) is 0 Å². The molecule has 0 unspecified atom stereocenters. The van der Waals surface area contributed by atoms with Crippen molar-refractivity contribution in [3.63, 3.8) is 0 Å². The summed E-state index contributed by atoms with van der Waals surface area (Å²) in [5.41, 5.74) is 6.58. The zero-order chi connectivity index (χ0) is 12.0. The van der Waals surface area contributed by atoms with Crippen molar-refractivity contribution in [3.05, 3.63) is 35.4 Å². The quantitative estimate of drug-likeness (QED) is 0.743. The van der Waals surface area contributed by atoms with Gasteiger partial charge in [0.15, 0.2) is 0 Å².